The van der Waals surface area contributed by atoms with Crippen molar-refractivity contribution in [2.75, 3.05) is 5.32 Å². The van der Waals surface area contributed by atoms with Crippen molar-refractivity contribution in [1.82, 2.24) is 4.98 Å². The van der Waals surface area contributed by atoms with E-state index in [2.05, 4.69) is 10.3 Å². The van der Waals surface area contributed by atoms with E-state index in [-0.39, 0.29) is 16.3 Å². The second-order valence-electron chi connectivity index (χ2n) is 6.90. The minimum atomic E-state index is -0.568. The lowest BCUT2D eigenvalue weighted by Gasteiger charge is -2.07. The highest BCUT2D eigenvalue weighted by atomic mass is 35.5. The first-order valence-electron chi connectivity index (χ1n) is 9.05. The van der Waals surface area contributed by atoms with E-state index in [0.29, 0.717) is 11.6 Å². The van der Waals surface area contributed by atoms with Crippen molar-refractivity contribution in [1.29, 1.82) is 0 Å². The Balaban J connectivity index is 1.55. The van der Waals surface area contributed by atoms with E-state index in [0.717, 1.165) is 33.9 Å². The van der Waals surface area contributed by atoms with E-state index >= 15 is 0 Å². The van der Waals surface area contributed by atoms with Gasteiger partial charge in [0.2, 0.25) is 5.89 Å². The van der Waals surface area contributed by atoms with Gasteiger partial charge >= 0.3 is 0 Å². The first-order valence-corrected chi connectivity index (χ1v) is 9.43. The first-order chi connectivity index (χ1) is 14.3. The number of anilines is 1. The summed E-state index contributed by atoms with van der Waals surface area (Å²) in [6, 6.07) is 14.8. The number of nitrogens with one attached hydrogen (secondary N) is 1. The Hall–Kier alpha value is -3.71. The van der Waals surface area contributed by atoms with Crippen LogP contribution < -0.4 is 5.32 Å². The fourth-order valence-electron chi connectivity index (χ4n) is 3.20. The number of aromatic nitrogens is 1. The summed E-state index contributed by atoms with van der Waals surface area (Å²) in [6.07, 6.45) is 0. The van der Waals surface area contributed by atoms with Crippen LogP contribution in [0.3, 0.4) is 0 Å². The smallest absolute Gasteiger partial charge is 0.270 e. The minimum absolute atomic E-state index is 0.00968. The van der Waals surface area contributed by atoms with Gasteiger partial charge in [-0.3, -0.25) is 14.9 Å². The number of hydrogen-bond donors (Lipinski definition) is 1. The van der Waals surface area contributed by atoms with Crippen LogP contribution in [0.15, 0.2) is 59.0 Å². The Bertz CT molecular complexity index is 1300. The summed E-state index contributed by atoms with van der Waals surface area (Å²) < 4.78 is 5.91. The lowest BCUT2D eigenvalue weighted by atomic mass is 10.1. The van der Waals surface area contributed by atoms with Crippen molar-refractivity contribution in [3.05, 3.63) is 86.4 Å². The number of halogens is 1. The largest absolute Gasteiger partial charge is 0.436 e. The molecule has 0 atom stereocenters. The number of oxazole rings is 1. The van der Waals surface area contributed by atoms with Crippen molar-refractivity contribution >= 4 is 40.0 Å². The van der Waals surface area contributed by atoms with Gasteiger partial charge in [-0.2, -0.15) is 0 Å². The van der Waals surface area contributed by atoms with Crippen LogP contribution in [0.4, 0.5) is 11.4 Å². The zero-order chi connectivity index (χ0) is 21.4. The number of amides is 1. The number of nitro benzene ring substituents is 1. The van der Waals surface area contributed by atoms with E-state index < -0.39 is 10.8 Å². The summed E-state index contributed by atoms with van der Waals surface area (Å²) in [7, 11) is 0. The van der Waals surface area contributed by atoms with Crippen molar-refractivity contribution < 1.29 is 14.1 Å². The van der Waals surface area contributed by atoms with Gasteiger partial charge in [0.05, 0.1) is 15.5 Å². The van der Waals surface area contributed by atoms with Crippen molar-refractivity contribution in [3.8, 4) is 11.5 Å². The van der Waals surface area contributed by atoms with Crippen LogP contribution >= 0.6 is 11.6 Å². The summed E-state index contributed by atoms with van der Waals surface area (Å²) in [4.78, 5) is 27.2. The van der Waals surface area contributed by atoms with Crippen molar-refractivity contribution in [3.63, 3.8) is 0 Å². The van der Waals surface area contributed by atoms with Crippen molar-refractivity contribution in [2.24, 2.45) is 0 Å². The number of carbonyl (C=O) groups is 1. The molecule has 0 spiro atoms. The lowest BCUT2D eigenvalue weighted by Crippen LogP contribution is -2.12. The van der Waals surface area contributed by atoms with Crippen molar-refractivity contribution in [2.45, 2.75) is 13.8 Å². The van der Waals surface area contributed by atoms with E-state index in [4.69, 9.17) is 16.0 Å². The molecule has 0 radical (unpaired) electrons. The molecule has 150 valence electrons. The monoisotopic (exact) mass is 421 g/mol. The molecule has 8 heteroatoms. The predicted molar refractivity (Wildman–Crippen MR) is 115 cm³/mol. The molecule has 0 bridgehead atoms. The predicted octanol–water partition coefficient (Wildman–Crippen LogP) is 5.93. The minimum Gasteiger partial charge on any atom is -0.436 e. The number of hydrogen-bond acceptors (Lipinski definition) is 5. The fourth-order valence-corrected chi connectivity index (χ4v) is 3.46. The van der Waals surface area contributed by atoms with Gasteiger partial charge in [0, 0.05) is 23.4 Å². The number of aryl methyl sites for hydroxylation is 2. The summed E-state index contributed by atoms with van der Waals surface area (Å²) in [5.74, 6) is 0.0330. The highest BCUT2D eigenvalue weighted by Crippen LogP contribution is 2.28. The first kappa shape index (κ1) is 19.6. The van der Waals surface area contributed by atoms with Crippen LogP contribution in [0.5, 0.6) is 0 Å². The third-order valence-electron chi connectivity index (χ3n) is 4.62. The molecular weight excluding hydrogens is 406 g/mol. The molecule has 1 N–H and O–H groups in total. The zero-order valence-corrected chi connectivity index (χ0v) is 16.9. The summed E-state index contributed by atoms with van der Waals surface area (Å²) in [5, 5.41) is 13.5. The second kappa shape index (κ2) is 7.61. The van der Waals surface area contributed by atoms with Crippen LogP contribution in [0.2, 0.25) is 5.02 Å². The van der Waals surface area contributed by atoms with E-state index in [1.54, 1.807) is 24.3 Å². The molecule has 1 aromatic heterocycles. The molecule has 30 heavy (non-hydrogen) atoms. The number of nitro groups is 1. The maximum absolute atomic E-state index is 12.5. The van der Waals surface area contributed by atoms with Gasteiger partial charge in [-0.05, 0) is 61.4 Å². The Kier molecular flexibility index (Phi) is 4.97. The third kappa shape index (κ3) is 3.75. The second-order valence-corrected chi connectivity index (χ2v) is 7.31. The molecule has 7 nitrogen and oxygen atoms in total. The maximum atomic E-state index is 12.5. The average molecular weight is 422 g/mol. The van der Waals surface area contributed by atoms with Gasteiger partial charge in [0.1, 0.15) is 5.52 Å². The molecule has 1 heterocycles. The van der Waals surface area contributed by atoms with Gasteiger partial charge in [-0.25, -0.2) is 4.98 Å². The molecule has 0 aliphatic rings. The van der Waals surface area contributed by atoms with E-state index in [9.17, 15) is 14.9 Å². The zero-order valence-electron chi connectivity index (χ0n) is 16.1. The van der Waals surface area contributed by atoms with Crippen LogP contribution in [0.1, 0.15) is 21.5 Å². The molecule has 0 saturated heterocycles. The van der Waals surface area contributed by atoms with E-state index in [1.165, 1.54) is 12.1 Å². The van der Waals surface area contributed by atoms with Crippen LogP contribution in [0, 0.1) is 24.0 Å². The quantitative estimate of drug-likeness (QED) is 0.325. The highest BCUT2D eigenvalue weighted by molar-refractivity contribution is 6.34. The average Bonchev–Trinajstić information content (AvgIpc) is 3.12. The lowest BCUT2D eigenvalue weighted by molar-refractivity contribution is -0.384. The van der Waals surface area contributed by atoms with Gasteiger partial charge < -0.3 is 9.73 Å². The van der Waals surface area contributed by atoms with Crippen LogP contribution in [-0.2, 0) is 0 Å². The highest BCUT2D eigenvalue weighted by Gasteiger charge is 2.16. The molecule has 1 amide bonds. The molecule has 4 rings (SSSR count). The molecule has 0 unspecified atom stereocenters. The third-order valence-corrected chi connectivity index (χ3v) is 4.93. The Morgan fingerprint density at radius 3 is 2.50 bits per heavy atom. The number of nitrogens with zero attached hydrogens (tertiary/aromatic N) is 2. The molecular formula is C22H16ClN3O4. The molecule has 0 aliphatic heterocycles. The number of benzene rings is 3. The van der Waals surface area contributed by atoms with E-state index in [1.807, 2.05) is 26.0 Å². The topological polar surface area (TPSA) is 98.3 Å². The summed E-state index contributed by atoms with van der Waals surface area (Å²) in [6.45, 7) is 3.99. The van der Waals surface area contributed by atoms with Gasteiger partial charge in [-0.15, -0.1) is 0 Å². The number of rotatable bonds is 4. The Labute approximate surface area is 176 Å². The molecule has 0 aliphatic carbocycles. The fraction of sp³-hybridized carbons (Fsp3) is 0.0909. The van der Waals surface area contributed by atoms with Crippen LogP contribution in [-0.4, -0.2) is 15.8 Å². The maximum Gasteiger partial charge on any atom is 0.270 e. The van der Waals surface area contributed by atoms with Gasteiger partial charge in [-0.1, -0.05) is 17.7 Å². The molecule has 4 aromatic rings. The number of non-ortho nitro benzene ring substituents is 1. The molecule has 0 fully saturated rings. The standard InChI is InChI=1S/C22H16ClN3O4/c1-12-9-13(2)20-19(10-12)25-22(30-20)14-3-5-15(6-4-14)24-21(27)17-8-7-16(26(28)29)11-18(17)23/h3-11H,1-2H3,(H,24,27). The van der Waals surface area contributed by atoms with Gasteiger partial charge in [0.25, 0.3) is 11.6 Å². The Morgan fingerprint density at radius 1 is 1.10 bits per heavy atom. The molecule has 3 aromatic carbocycles. The normalized spacial score (nSPS) is 10.9. The summed E-state index contributed by atoms with van der Waals surface area (Å²) in [5.41, 5.74) is 4.97. The summed E-state index contributed by atoms with van der Waals surface area (Å²) >= 11 is 6.02. The van der Waals surface area contributed by atoms with Crippen LogP contribution in [0.25, 0.3) is 22.6 Å². The number of carbonyl (C=O) groups excluding carboxylic acids is 1. The number of fused-ring (bicyclic) bond motifs is 1. The van der Waals surface area contributed by atoms with Gasteiger partial charge in [0.15, 0.2) is 5.58 Å². The Morgan fingerprint density at radius 2 is 1.83 bits per heavy atom. The SMILES string of the molecule is Cc1cc(C)c2oc(-c3ccc(NC(=O)c4ccc([N+](=O)[O-])cc4Cl)cc3)nc2c1. The molecule has 0 saturated carbocycles.